The van der Waals surface area contributed by atoms with Gasteiger partial charge in [-0.1, -0.05) is 6.92 Å². The molecule has 0 saturated heterocycles. The van der Waals surface area contributed by atoms with E-state index in [-0.39, 0.29) is 5.78 Å². The number of aryl methyl sites for hydroxylation is 1. The number of urea groups is 1. The molecule has 1 heterocycles. The quantitative estimate of drug-likeness (QED) is 0.681. The van der Waals surface area contributed by atoms with E-state index in [9.17, 15) is 14.4 Å². The summed E-state index contributed by atoms with van der Waals surface area (Å²) in [6.45, 7) is 4.04. The van der Waals surface area contributed by atoms with E-state index in [4.69, 9.17) is 4.42 Å². The molecule has 2 aromatic carbocycles. The Morgan fingerprint density at radius 3 is 2.35 bits per heavy atom. The zero-order valence-corrected chi connectivity index (χ0v) is 14.5. The predicted octanol–water partition coefficient (Wildman–Crippen LogP) is 3.85. The van der Waals surface area contributed by atoms with Crippen LogP contribution in [0.5, 0.6) is 0 Å². The van der Waals surface area contributed by atoms with Crippen LogP contribution >= 0.6 is 0 Å². The fourth-order valence-electron chi connectivity index (χ4n) is 2.66. The van der Waals surface area contributed by atoms with Crippen molar-refractivity contribution in [3.05, 3.63) is 58.6 Å². The number of nitrogens with one attached hydrogen (secondary N) is 2. The second kappa shape index (κ2) is 7.26. The summed E-state index contributed by atoms with van der Waals surface area (Å²) in [6.07, 6.45) is 0.819. The number of anilines is 2. The number of oxazole rings is 1. The van der Waals surface area contributed by atoms with Gasteiger partial charge in [-0.2, -0.15) is 0 Å². The molecule has 0 bridgehead atoms. The van der Waals surface area contributed by atoms with Crippen molar-refractivity contribution in [2.24, 2.45) is 0 Å². The molecule has 0 spiro atoms. The number of hydrogen-bond donors (Lipinski definition) is 2. The summed E-state index contributed by atoms with van der Waals surface area (Å²) < 4.78 is 6.80. The Hall–Kier alpha value is -3.35. The van der Waals surface area contributed by atoms with Crippen LogP contribution in [0.25, 0.3) is 11.1 Å². The third-order valence-electron chi connectivity index (χ3n) is 3.92. The minimum atomic E-state index is -0.435. The third-order valence-corrected chi connectivity index (χ3v) is 3.92. The molecule has 0 unspecified atom stereocenters. The molecule has 3 aromatic rings. The Morgan fingerprint density at radius 1 is 1.04 bits per heavy atom. The zero-order chi connectivity index (χ0) is 18.7. The highest BCUT2D eigenvalue weighted by Crippen LogP contribution is 2.19. The van der Waals surface area contributed by atoms with E-state index in [2.05, 4.69) is 10.6 Å². The van der Waals surface area contributed by atoms with Crippen molar-refractivity contribution in [3.63, 3.8) is 0 Å². The average Bonchev–Trinajstić information content (AvgIpc) is 2.90. The number of carbonyl (C=O) groups excluding carboxylic acids is 2. The Balaban J connectivity index is 1.72. The van der Waals surface area contributed by atoms with Gasteiger partial charge in [0, 0.05) is 29.5 Å². The molecule has 0 aliphatic rings. The van der Waals surface area contributed by atoms with Crippen molar-refractivity contribution in [1.29, 1.82) is 0 Å². The summed E-state index contributed by atoms with van der Waals surface area (Å²) >= 11 is 0. The van der Waals surface area contributed by atoms with Crippen LogP contribution < -0.4 is 16.4 Å². The lowest BCUT2D eigenvalue weighted by Gasteiger charge is -2.08. The van der Waals surface area contributed by atoms with Crippen molar-refractivity contribution in [1.82, 2.24) is 4.57 Å². The normalized spacial score (nSPS) is 10.7. The van der Waals surface area contributed by atoms with Crippen LogP contribution in [0.2, 0.25) is 0 Å². The lowest BCUT2D eigenvalue weighted by Crippen LogP contribution is -2.19. The van der Waals surface area contributed by atoms with E-state index in [0.29, 0.717) is 34.6 Å². The van der Waals surface area contributed by atoms with Crippen LogP contribution in [-0.4, -0.2) is 16.4 Å². The smallest absolute Gasteiger partial charge is 0.408 e. The summed E-state index contributed by atoms with van der Waals surface area (Å²) in [5.41, 5.74) is 2.77. The van der Waals surface area contributed by atoms with E-state index >= 15 is 0 Å². The fraction of sp³-hybridized carbons (Fsp3) is 0.211. The third kappa shape index (κ3) is 3.66. The van der Waals surface area contributed by atoms with Gasteiger partial charge < -0.3 is 15.1 Å². The number of nitrogens with zero attached hydrogens (tertiary/aromatic N) is 1. The molecule has 0 saturated carbocycles. The van der Waals surface area contributed by atoms with Gasteiger partial charge in [0.25, 0.3) is 0 Å². The molecule has 26 heavy (non-hydrogen) atoms. The van der Waals surface area contributed by atoms with Gasteiger partial charge in [0.2, 0.25) is 0 Å². The monoisotopic (exact) mass is 353 g/mol. The minimum Gasteiger partial charge on any atom is -0.408 e. The molecule has 7 heteroatoms. The average molecular weight is 353 g/mol. The number of benzene rings is 2. The Kier molecular flexibility index (Phi) is 4.88. The SMILES string of the molecule is CCCn1c(=O)oc2cc(NC(=O)Nc3ccc(C(C)=O)cc3)ccc21. The van der Waals surface area contributed by atoms with E-state index in [0.717, 1.165) is 6.42 Å². The Bertz CT molecular complexity index is 1020. The zero-order valence-electron chi connectivity index (χ0n) is 14.5. The Labute approximate surface area is 149 Å². The first-order chi connectivity index (χ1) is 12.5. The van der Waals surface area contributed by atoms with Crippen molar-refractivity contribution >= 4 is 34.3 Å². The van der Waals surface area contributed by atoms with Gasteiger partial charge in [-0.25, -0.2) is 9.59 Å². The maximum Gasteiger partial charge on any atom is 0.419 e. The van der Waals surface area contributed by atoms with Gasteiger partial charge in [0.15, 0.2) is 11.4 Å². The second-order valence-electron chi connectivity index (χ2n) is 5.91. The van der Waals surface area contributed by atoms with Crippen LogP contribution in [0.1, 0.15) is 30.6 Å². The van der Waals surface area contributed by atoms with E-state index < -0.39 is 11.8 Å². The molecule has 1 aromatic heterocycles. The highest BCUT2D eigenvalue weighted by atomic mass is 16.4. The van der Waals surface area contributed by atoms with Crippen molar-refractivity contribution in [3.8, 4) is 0 Å². The molecule has 0 fully saturated rings. The number of carbonyl (C=O) groups is 2. The molecule has 3 rings (SSSR count). The first-order valence-electron chi connectivity index (χ1n) is 8.30. The topological polar surface area (TPSA) is 93.3 Å². The number of aromatic nitrogens is 1. The molecule has 0 radical (unpaired) electrons. The summed E-state index contributed by atoms with van der Waals surface area (Å²) in [6, 6.07) is 11.2. The minimum absolute atomic E-state index is 0.0363. The van der Waals surface area contributed by atoms with Crippen LogP contribution in [0, 0.1) is 0 Å². The largest absolute Gasteiger partial charge is 0.419 e. The molecule has 2 N–H and O–H groups in total. The Morgan fingerprint density at radius 2 is 1.69 bits per heavy atom. The van der Waals surface area contributed by atoms with Crippen molar-refractivity contribution in [2.75, 3.05) is 10.6 Å². The summed E-state index contributed by atoms with van der Waals surface area (Å²) in [7, 11) is 0. The first-order valence-corrected chi connectivity index (χ1v) is 8.30. The molecule has 7 nitrogen and oxygen atoms in total. The predicted molar refractivity (Wildman–Crippen MR) is 99.9 cm³/mol. The van der Waals surface area contributed by atoms with Gasteiger partial charge in [-0.15, -0.1) is 0 Å². The number of rotatable bonds is 5. The standard InChI is InChI=1S/C19H19N3O4/c1-3-10-22-16-9-8-15(11-17(16)26-19(22)25)21-18(24)20-14-6-4-13(5-7-14)12(2)23/h4-9,11H,3,10H2,1-2H3,(H2,20,21,24). The van der Waals surface area contributed by atoms with Crippen molar-refractivity contribution < 1.29 is 14.0 Å². The lowest BCUT2D eigenvalue weighted by molar-refractivity contribution is 0.101. The van der Waals surface area contributed by atoms with Gasteiger partial charge in [0.1, 0.15) is 0 Å². The molecule has 134 valence electrons. The molecule has 0 aliphatic heterocycles. The van der Waals surface area contributed by atoms with Gasteiger partial charge in [-0.05, 0) is 49.7 Å². The second-order valence-corrected chi connectivity index (χ2v) is 5.91. The fourth-order valence-corrected chi connectivity index (χ4v) is 2.66. The number of Topliss-reactive ketones (excluding diaryl/α,β-unsaturated/α-hetero) is 1. The highest BCUT2D eigenvalue weighted by Gasteiger charge is 2.10. The first kappa shape index (κ1) is 17.5. The van der Waals surface area contributed by atoms with Gasteiger partial charge >= 0.3 is 11.8 Å². The summed E-state index contributed by atoms with van der Waals surface area (Å²) in [5.74, 6) is -0.445. The van der Waals surface area contributed by atoms with E-state index in [1.165, 1.54) is 6.92 Å². The molecule has 2 amide bonds. The highest BCUT2D eigenvalue weighted by molar-refractivity contribution is 6.01. The molecular formula is C19H19N3O4. The van der Waals surface area contributed by atoms with Gasteiger partial charge in [0.05, 0.1) is 5.52 Å². The van der Waals surface area contributed by atoms with Crippen LogP contribution in [0.3, 0.4) is 0 Å². The summed E-state index contributed by atoms with van der Waals surface area (Å²) in [4.78, 5) is 35.2. The molecule has 0 atom stereocenters. The maximum atomic E-state index is 12.1. The molecule has 0 aliphatic carbocycles. The molecular weight excluding hydrogens is 334 g/mol. The number of amides is 2. The van der Waals surface area contributed by atoms with Gasteiger partial charge in [-0.3, -0.25) is 9.36 Å². The number of fused-ring (bicyclic) bond motifs is 1. The number of hydrogen-bond acceptors (Lipinski definition) is 4. The van der Waals surface area contributed by atoms with Crippen LogP contribution in [-0.2, 0) is 6.54 Å². The maximum absolute atomic E-state index is 12.1. The number of ketones is 1. The lowest BCUT2D eigenvalue weighted by atomic mass is 10.1. The van der Waals surface area contributed by atoms with Crippen LogP contribution in [0.15, 0.2) is 51.7 Å². The van der Waals surface area contributed by atoms with E-state index in [1.54, 1.807) is 47.0 Å². The summed E-state index contributed by atoms with van der Waals surface area (Å²) in [5, 5.41) is 5.37. The van der Waals surface area contributed by atoms with Crippen molar-refractivity contribution in [2.45, 2.75) is 26.8 Å². The van der Waals surface area contributed by atoms with Crippen LogP contribution in [0.4, 0.5) is 16.2 Å². The van der Waals surface area contributed by atoms with E-state index in [1.807, 2.05) is 6.92 Å².